The Morgan fingerprint density at radius 3 is 2.53 bits per heavy atom. The normalized spacial score (nSPS) is 13.2. The molecular formula is C10H8BrClF4N2O. The fourth-order valence-corrected chi connectivity index (χ4v) is 1.90. The van der Waals surface area contributed by atoms with Gasteiger partial charge >= 0.3 is 6.18 Å². The van der Waals surface area contributed by atoms with Gasteiger partial charge in [-0.15, -0.1) is 0 Å². The Morgan fingerprint density at radius 1 is 1.47 bits per heavy atom. The van der Waals surface area contributed by atoms with E-state index in [0.29, 0.717) is 0 Å². The van der Waals surface area contributed by atoms with Gasteiger partial charge in [0.2, 0.25) is 0 Å². The molecule has 1 atom stereocenters. The zero-order valence-electron chi connectivity index (χ0n) is 9.19. The molecule has 3 N–H and O–H groups in total. The van der Waals surface area contributed by atoms with E-state index in [1.807, 2.05) is 0 Å². The summed E-state index contributed by atoms with van der Waals surface area (Å²) in [6.07, 6.45) is -4.71. The Labute approximate surface area is 119 Å². The molecule has 1 unspecified atom stereocenters. The van der Waals surface area contributed by atoms with Gasteiger partial charge in [0.15, 0.2) is 0 Å². The smallest absolute Gasteiger partial charge is 0.401 e. The van der Waals surface area contributed by atoms with Crippen LogP contribution in [0.5, 0.6) is 5.75 Å². The van der Waals surface area contributed by atoms with Gasteiger partial charge in [-0.3, -0.25) is 5.41 Å². The lowest BCUT2D eigenvalue weighted by atomic mass is 10.1. The van der Waals surface area contributed by atoms with E-state index in [-0.39, 0.29) is 15.2 Å². The Kier molecular flexibility index (Phi) is 5.03. The lowest BCUT2D eigenvalue weighted by molar-refractivity contribution is -0.162. The number of hydrogen-bond donors (Lipinski definition) is 2. The number of benzene rings is 1. The highest BCUT2D eigenvalue weighted by Crippen LogP contribution is 2.32. The molecule has 0 aliphatic heterocycles. The van der Waals surface area contributed by atoms with Gasteiger partial charge in [-0.25, -0.2) is 4.39 Å². The summed E-state index contributed by atoms with van der Waals surface area (Å²) in [6, 6.07) is 2.00. The summed E-state index contributed by atoms with van der Waals surface area (Å²) >= 11 is 8.45. The molecule has 0 saturated carbocycles. The number of alkyl halides is 3. The largest absolute Gasteiger partial charge is 0.491 e. The minimum Gasteiger partial charge on any atom is -0.491 e. The van der Waals surface area contributed by atoms with E-state index < -0.39 is 30.4 Å². The topological polar surface area (TPSA) is 59.1 Å². The molecule has 3 nitrogen and oxygen atoms in total. The van der Waals surface area contributed by atoms with Crippen molar-refractivity contribution in [2.75, 3.05) is 6.61 Å². The standard InChI is InChI=1S/C10H8BrClF4N2O/c11-5-1-6(12)7(13)2-8(5)19-3-4(9(17)18)10(14,15)16/h1-2,4H,3H2,(H3,17,18). The van der Waals surface area contributed by atoms with E-state index in [9.17, 15) is 17.6 Å². The van der Waals surface area contributed by atoms with Crippen LogP contribution in [0, 0.1) is 17.1 Å². The number of nitrogens with one attached hydrogen (secondary N) is 1. The van der Waals surface area contributed by atoms with E-state index >= 15 is 0 Å². The molecule has 1 aromatic carbocycles. The average Bonchev–Trinajstić information content (AvgIpc) is 2.23. The SMILES string of the molecule is N=C(N)C(COc1cc(F)c(Cl)cc1Br)C(F)(F)F. The van der Waals surface area contributed by atoms with E-state index in [0.717, 1.165) is 12.1 Å². The Hall–Kier alpha value is -1.02. The van der Waals surface area contributed by atoms with E-state index in [1.54, 1.807) is 0 Å². The second-order valence-corrected chi connectivity index (χ2v) is 4.82. The maximum atomic E-state index is 13.2. The number of halogens is 6. The minimum absolute atomic E-state index is 0.155. The minimum atomic E-state index is -4.71. The lowest BCUT2D eigenvalue weighted by Crippen LogP contribution is -2.39. The van der Waals surface area contributed by atoms with Crippen LogP contribution in [0.2, 0.25) is 5.02 Å². The van der Waals surface area contributed by atoms with Crippen LogP contribution in [0.1, 0.15) is 0 Å². The first-order valence-electron chi connectivity index (χ1n) is 4.81. The number of hydrogen-bond acceptors (Lipinski definition) is 2. The second-order valence-electron chi connectivity index (χ2n) is 3.56. The van der Waals surface area contributed by atoms with Crippen molar-refractivity contribution in [1.29, 1.82) is 5.41 Å². The van der Waals surface area contributed by atoms with Crippen molar-refractivity contribution in [3.8, 4) is 5.75 Å². The van der Waals surface area contributed by atoms with Gasteiger partial charge in [0.25, 0.3) is 0 Å². The third-order valence-electron chi connectivity index (χ3n) is 2.15. The van der Waals surface area contributed by atoms with Crippen molar-refractivity contribution in [2.24, 2.45) is 11.7 Å². The van der Waals surface area contributed by atoms with Crippen LogP contribution in [0.3, 0.4) is 0 Å². The van der Waals surface area contributed by atoms with Gasteiger partial charge in [-0.05, 0) is 22.0 Å². The van der Waals surface area contributed by atoms with Crippen LogP contribution in [0.4, 0.5) is 17.6 Å². The van der Waals surface area contributed by atoms with Crippen LogP contribution in [0.25, 0.3) is 0 Å². The van der Waals surface area contributed by atoms with Gasteiger partial charge in [-0.2, -0.15) is 13.2 Å². The fourth-order valence-electron chi connectivity index (χ4n) is 1.15. The van der Waals surface area contributed by atoms with Crippen molar-refractivity contribution < 1.29 is 22.3 Å². The van der Waals surface area contributed by atoms with Gasteiger partial charge in [0.1, 0.15) is 29.9 Å². The third kappa shape index (κ3) is 4.24. The van der Waals surface area contributed by atoms with Crippen molar-refractivity contribution in [1.82, 2.24) is 0 Å². The Bertz CT molecular complexity index is 495. The number of amidine groups is 1. The molecule has 9 heteroatoms. The highest BCUT2D eigenvalue weighted by Gasteiger charge is 2.42. The Morgan fingerprint density at radius 2 is 2.05 bits per heavy atom. The maximum absolute atomic E-state index is 13.2. The first-order chi connectivity index (χ1) is 8.62. The molecule has 0 aliphatic carbocycles. The molecule has 0 bridgehead atoms. The molecule has 0 amide bonds. The Balaban J connectivity index is 2.86. The lowest BCUT2D eigenvalue weighted by Gasteiger charge is -2.19. The summed E-state index contributed by atoms with van der Waals surface area (Å²) in [4.78, 5) is 0. The maximum Gasteiger partial charge on any atom is 0.401 e. The van der Waals surface area contributed by atoms with Crippen LogP contribution in [0.15, 0.2) is 16.6 Å². The average molecular weight is 364 g/mol. The summed E-state index contributed by atoms with van der Waals surface area (Å²) < 4.78 is 55.7. The van der Waals surface area contributed by atoms with Gasteiger partial charge in [-0.1, -0.05) is 11.6 Å². The van der Waals surface area contributed by atoms with Crippen molar-refractivity contribution in [3.05, 3.63) is 27.4 Å². The first kappa shape index (κ1) is 16.0. The number of rotatable bonds is 4. The molecule has 1 aromatic rings. The molecule has 0 aromatic heterocycles. The number of ether oxygens (including phenoxy) is 1. The predicted octanol–water partition coefficient (Wildman–Crippen LogP) is 3.73. The van der Waals surface area contributed by atoms with E-state index in [1.165, 1.54) is 0 Å². The summed E-state index contributed by atoms with van der Waals surface area (Å²) in [7, 11) is 0. The highest BCUT2D eigenvalue weighted by molar-refractivity contribution is 9.10. The molecule has 0 aliphatic rings. The predicted molar refractivity (Wildman–Crippen MR) is 66.1 cm³/mol. The van der Waals surface area contributed by atoms with Crippen LogP contribution >= 0.6 is 27.5 Å². The van der Waals surface area contributed by atoms with E-state index in [4.69, 9.17) is 27.5 Å². The molecule has 0 heterocycles. The zero-order valence-corrected chi connectivity index (χ0v) is 11.5. The monoisotopic (exact) mass is 362 g/mol. The quantitative estimate of drug-likeness (QED) is 0.371. The van der Waals surface area contributed by atoms with Crippen molar-refractivity contribution in [3.63, 3.8) is 0 Å². The highest BCUT2D eigenvalue weighted by atomic mass is 79.9. The fraction of sp³-hybridized carbons (Fsp3) is 0.300. The molecule has 0 fully saturated rings. The molecule has 106 valence electrons. The molecule has 19 heavy (non-hydrogen) atoms. The van der Waals surface area contributed by atoms with E-state index in [2.05, 4.69) is 15.9 Å². The zero-order chi connectivity index (χ0) is 14.8. The first-order valence-corrected chi connectivity index (χ1v) is 5.98. The summed E-state index contributed by atoms with van der Waals surface area (Å²) in [5, 5.41) is 6.68. The number of nitrogens with two attached hydrogens (primary N) is 1. The van der Waals surface area contributed by atoms with Crippen LogP contribution < -0.4 is 10.5 Å². The van der Waals surface area contributed by atoms with Gasteiger partial charge in [0.05, 0.1) is 9.50 Å². The third-order valence-corrected chi connectivity index (χ3v) is 3.06. The summed E-state index contributed by atoms with van der Waals surface area (Å²) in [5.74, 6) is -4.31. The molecule has 0 spiro atoms. The van der Waals surface area contributed by atoms with Crippen LogP contribution in [-0.2, 0) is 0 Å². The summed E-state index contributed by atoms with van der Waals surface area (Å²) in [5.41, 5.74) is 4.86. The van der Waals surface area contributed by atoms with Crippen molar-refractivity contribution in [2.45, 2.75) is 6.18 Å². The van der Waals surface area contributed by atoms with Crippen LogP contribution in [-0.4, -0.2) is 18.6 Å². The molecule has 0 radical (unpaired) electrons. The molecular weight excluding hydrogens is 355 g/mol. The van der Waals surface area contributed by atoms with Gasteiger partial charge in [0, 0.05) is 6.07 Å². The molecule has 0 saturated heterocycles. The van der Waals surface area contributed by atoms with Crippen molar-refractivity contribution >= 4 is 33.4 Å². The molecule has 1 rings (SSSR count). The second kappa shape index (κ2) is 5.96. The van der Waals surface area contributed by atoms with Gasteiger partial charge < -0.3 is 10.5 Å². The summed E-state index contributed by atoms with van der Waals surface area (Å²) in [6.45, 7) is -0.918.